The number of nitrogens with zero attached hydrogens (tertiary/aromatic N) is 3. The van der Waals surface area contributed by atoms with Crippen molar-refractivity contribution in [2.75, 3.05) is 51.1 Å². The van der Waals surface area contributed by atoms with E-state index in [0.29, 0.717) is 38.4 Å². The molecule has 0 bridgehead atoms. The summed E-state index contributed by atoms with van der Waals surface area (Å²) in [4.78, 5) is 44.2. The summed E-state index contributed by atoms with van der Waals surface area (Å²) in [5.41, 5.74) is 0.818. The lowest BCUT2D eigenvalue weighted by molar-refractivity contribution is -0.139. The molecule has 174 valence electrons. The smallest absolute Gasteiger partial charge is 0.236 e. The predicted octanol–water partition coefficient (Wildman–Crippen LogP) is 2.59. The van der Waals surface area contributed by atoms with Crippen LogP contribution in [0.15, 0.2) is 30.3 Å². The Morgan fingerprint density at radius 1 is 0.750 bits per heavy atom. The monoisotopic (exact) mass is 440 g/mol. The molecule has 0 spiro atoms. The summed E-state index contributed by atoms with van der Waals surface area (Å²) >= 11 is 0. The summed E-state index contributed by atoms with van der Waals surface area (Å²) in [6, 6.07) is 9.51. The fourth-order valence-corrected chi connectivity index (χ4v) is 5.16. The first-order valence-corrected chi connectivity index (χ1v) is 12.2. The third-order valence-corrected chi connectivity index (χ3v) is 7.22. The average molecular weight is 441 g/mol. The Morgan fingerprint density at radius 2 is 1.38 bits per heavy atom. The van der Waals surface area contributed by atoms with Gasteiger partial charge in [0.25, 0.3) is 0 Å². The normalized spacial score (nSPS) is 21.4. The van der Waals surface area contributed by atoms with Gasteiger partial charge in [0.05, 0.1) is 6.54 Å². The van der Waals surface area contributed by atoms with Crippen LogP contribution in [-0.2, 0) is 14.4 Å². The van der Waals surface area contributed by atoms with Gasteiger partial charge >= 0.3 is 0 Å². The number of amides is 3. The second-order valence-corrected chi connectivity index (χ2v) is 9.45. The Labute approximate surface area is 191 Å². The zero-order chi connectivity index (χ0) is 22.3. The van der Waals surface area contributed by atoms with Crippen molar-refractivity contribution in [3.63, 3.8) is 0 Å². The number of benzene rings is 1. The highest BCUT2D eigenvalue weighted by atomic mass is 16.2. The van der Waals surface area contributed by atoms with Gasteiger partial charge in [-0.3, -0.25) is 19.3 Å². The number of para-hydroxylation sites is 1. The first kappa shape index (κ1) is 22.8. The largest absolute Gasteiger partial charge is 0.342 e. The topological polar surface area (TPSA) is 73.0 Å². The van der Waals surface area contributed by atoms with Crippen LogP contribution in [0, 0.1) is 11.8 Å². The van der Waals surface area contributed by atoms with Crippen LogP contribution < -0.4 is 5.32 Å². The molecular weight excluding hydrogens is 404 g/mol. The van der Waals surface area contributed by atoms with Gasteiger partial charge in [-0.15, -0.1) is 0 Å². The van der Waals surface area contributed by atoms with E-state index in [4.69, 9.17) is 0 Å². The van der Waals surface area contributed by atoms with E-state index in [0.717, 1.165) is 57.5 Å². The fourth-order valence-electron chi connectivity index (χ4n) is 5.16. The molecule has 1 aromatic carbocycles. The average Bonchev–Trinajstić information content (AvgIpc) is 2.85. The van der Waals surface area contributed by atoms with Crippen molar-refractivity contribution in [3.05, 3.63) is 30.3 Å². The van der Waals surface area contributed by atoms with Crippen molar-refractivity contribution < 1.29 is 14.4 Å². The number of hydrogen-bond acceptors (Lipinski definition) is 4. The minimum atomic E-state index is -0.0456. The molecule has 3 saturated heterocycles. The predicted molar refractivity (Wildman–Crippen MR) is 124 cm³/mol. The van der Waals surface area contributed by atoms with E-state index >= 15 is 0 Å². The van der Waals surface area contributed by atoms with Crippen LogP contribution in [0.4, 0.5) is 5.69 Å². The number of likely N-dealkylation sites (tertiary alicyclic amines) is 3. The second-order valence-electron chi connectivity index (χ2n) is 9.45. The van der Waals surface area contributed by atoms with Crippen molar-refractivity contribution in [2.45, 2.75) is 44.9 Å². The number of carbonyl (C=O) groups is 3. The van der Waals surface area contributed by atoms with Crippen molar-refractivity contribution in [2.24, 2.45) is 11.8 Å². The van der Waals surface area contributed by atoms with Gasteiger partial charge in [-0.25, -0.2) is 0 Å². The molecule has 0 saturated carbocycles. The van der Waals surface area contributed by atoms with Crippen LogP contribution in [0.1, 0.15) is 44.9 Å². The van der Waals surface area contributed by atoms with Crippen LogP contribution in [0.2, 0.25) is 0 Å². The zero-order valence-electron chi connectivity index (χ0n) is 19.0. The van der Waals surface area contributed by atoms with Crippen molar-refractivity contribution in [3.8, 4) is 0 Å². The molecule has 7 nitrogen and oxygen atoms in total. The molecule has 0 aromatic heterocycles. The van der Waals surface area contributed by atoms with Gasteiger partial charge in [0.1, 0.15) is 0 Å². The molecule has 0 radical (unpaired) electrons. The lowest BCUT2D eigenvalue weighted by atomic mass is 9.94. The highest BCUT2D eigenvalue weighted by Gasteiger charge is 2.32. The molecule has 0 unspecified atom stereocenters. The molecule has 7 heteroatoms. The van der Waals surface area contributed by atoms with Crippen molar-refractivity contribution in [1.29, 1.82) is 0 Å². The summed E-state index contributed by atoms with van der Waals surface area (Å²) in [6.07, 6.45) is 6.61. The van der Waals surface area contributed by atoms with Crippen LogP contribution in [0.3, 0.4) is 0 Å². The molecule has 0 aliphatic carbocycles. The van der Waals surface area contributed by atoms with Gasteiger partial charge in [0.15, 0.2) is 0 Å². The van der Waals surface area contributed by atoms with E-state index in [1.807, 2.05) is 40.1 Å². The Kier molecular flexibility index (Phi) is 7.79. The van der Waals surface area contributed by atoms with Gasteiger partial charge in [0.2, 0.25) is 17.7 Å². The summed E-state index contributed by atoms with van der Waals surface area (Å²) in [7, 11) is 0. The number of carbonyl (C=O) groups excluding carboxylic acids is 3. The summed E-state index contributed by atoms with van der Waals surface area (Å²) in [5, 5.41) is 2.98. The molecule has 3 aliphatic rings. The SMILES string of the molecule is O=C(Nc1ccccc1)C1CCN(C(=O)CN2CCC(C(=O)N3CCCCC3)CC2)CC1. The minimum Gasteiger partial charge on any atom is -0.342 e. The van der Waals surface area contributed by atoms with Crippen molar-refractivity contribution in [1.82, 2.24) is 14.7 Å². The first-order chi connectivity index (χ1) is 15.6. The Bertz CT molecular complexity index is 778. The van der Waals surface area contributed by atoms with Gasteiger partial charge in [-0.1, -0.05) is 18.2 Å². The summed E-state index contributed by atoms with van der Waals surface area (Å²) in [5.74, 6) is 0.595. The third kappa shape index (κ3) is 5.88. The van der Waals surface area contributed by atoms with E-state index in [2.05, 4.69) is 10.2 Å². The molecule has 4 rings (SSSR count). The summed E-state index contributed by atoms with van der Waals surface area (Å²) < 4.78 is 0. The summed E-state index contributed by atoms with van der Waals surface area (Å²) in [6.45, 7) is 5.14. The maximum Gasteiger partial charge on any atom is 0.236 e. The number of rotatable bonds is 5. The maximum atomic E-state index is 12.8. The zero-order valence-corrected chi connectivity index (χ0v) is 19.0. The van der Waals surface area contributed by atoms with Crippen LogP contribution >= 0.6 is 0 Å². The quantitative estimate of drug-likeness (QED) is 0.764. The van der Waals surface area contributed by atoms with Crippen LogP contribution in [0.5, 0.6) is 0 Å². The Hall–Kier alpha value is -2.41. The van der Waals surface area contributed by atoms with Crippen molar-refractivity contribution >= 4 is 23.4 Å². The number of piperidine rings is 3. The Balaban J connectivity index is 1.16. The highest BCUT2D eigenvalue weighted by Crippen LogP contribution is 2.23. The van der Waals surface area contributed by atoms with Gasteiger partial charge in [0, 0.05) is 43.7 Å². The second kappa shape index (κ2) is 10.9. The van der Waals surface area contributed by atoms with E-state index in [-0.39, 0.29) is 23.7 Å². The molecule has 1 aromatic rings. The van der Waals surface area contributed by atoms with Gasteiger partial charge < -0.3 is 15.1 Å². The van der Waals surface area contributed by atoms with E-state index in [1.165, 1.54) is 6.42 Å². The molecule has 0 atom stereocenters. The van der Waals surface area contributed by atoms with Crippen LogP contribution in [-0.4, -0.2) is 78.2 Å². The molecule has 3 fully saturated rings. The molecule has 3 heterocycles. The van der Waals surface area contributed by atoms with Crippen LogP contribution in [0.25, 0.3) is 0 Å². The Morgan fingerprint density at radius 3 is 2.03 bits per heavy atom. The molecule has 3 amide bonds. The van der Waals surface area contributed by atoms with E-state index in [1.54, 1.807) is 0 Å². The lowest BCUT2D eigenvalue weighted by Crippen LogP contribution is -2.48. The molecular formula is C25H36N4O3. The van der Waals surface area contributed by atoms with E-state index in [9.17, 15) is 14.4 Å². The standard InChI is InChI=1S/C25H36N4O3/c30-23(19-27-15-9-21(10-16-27)25(32)29-13-5-2-6-14-29)28-17-11-20(12-18-28)24(31)26-22-7-3-1-4-8-22/h1,3-4,7-8,20-21H,2,5-6,9-19H2,(H,26,31). The highest BCUT2D eigenvalue weighted by molar-refractivity contribution is 5.92. The van der Waals surface area contributed by atoms with E-state index < -0.39 is 0 Å². The number of hydrogen-bond donors (Lipinski definition) is 1. The minimum absolute atomic E-state index is 0.0451. The number of anilines is 1. The maximum absolute atomic E-state index is 12.8. The lowest BCUT2D eigenvalue weighted by Gasteiger charge is -2.37. The third-order valence-electron chi connectivity index (χ3n) is 7.22. The fraction of sp³-hybridized carbons (Fsp3) is 0.640. The molecule has 1 N–H and O–H groups in total. The molecule has 32 heavy (non-hydrogen) atoms. The van der Waals surface area contributed by atoms with Gasteiger partial charge in [-0.05, 0) is 70.2 Å². The molecule has 3 aliphatic heterocycles. The van der Waals surface area contributed by atoms with Gasteiger partial charge in [-0.2, -0.15) is 0 Å². The number of nitrogens with one attached hydrogen (secondary N) is 1. The first-order valence-electron chi connectivity index (χ1n) is 12.2.